The van der Waals surface area contributed by atoms with Gasteiger partial charge in [-0.1, -0.05) is 12.1 Å². The zero-order valence-corrected chi connectivity index (χ0v) is 10.6. The molecule has 18 heavy (non-hydrogen) atoms. The van der Waals surface area contributed by atoms with Gasteiger partial charge in [0.1, 0.15) is 12.1 Å². The lowest BCUT2D eigenvalue weighted by molar-refractivity contribution is -0.161. The molecule has 0 bridgehead atoms. The molecule has 6 nitrogen and oxygen atoms in total. The molecule has 0 aromatic heterocycles. The highest BCUT2D eigenvalue weighted by Gasteiger charge is 2.44. The Morgan fingerprint density at radius 1 is 1.56 bits per heavy atom. The van der Waals surface area contributed by atoms with Crippen molar-refractivity contribution in [2.45, 2.75) is 56.9 Å². The van der Waals surface area contributed by atoms with E-state index >= 15 is 0 Å². The summed E-state index contributed by atoms with van der Waals surface area (Å²) in [7, 11) is 0. The Balaban J connectivity index is 1.93. The van der Waals surface area contributed by atoms with Crippen LogP contribution in [0.5, 0.6) is 0 Å². The quantitative estimate of drug-likeness (QED) is 0.591. The summed E-state index contributed by atoms with van der Waals surface area (Å²) in [6.45, 7) is 3.21. The van der Waals surface area contributed by atoms with Gasteiger partial charge in [-0.15, -0.1) is 0 Å². The highest BCUT2D eigenvalue weighted by Crippen LogP contribution is 2.30. The lowest BCUT2D eigenvalue weighted by Gasteiger charge is -2.38. The topological polar surface area (TPSA) is 79.2 Å². The van der Waals surface area contributed by atoms with Gasteiger partial charge in [-0.05, 0) is 19.3 Å². The highest BCUT2D eigenvalue weighted by molar-refractivity contribution is 5.69. The second-order valence-electron chi connectivity index (χ2n) is 5.11. The van der Waals surface area contributed by atoms with Crippen LogP contribution >= 0.6 is 0 Å². The summed E-state index contributed by atoms with van der Waals surface area (Å²) in [5.41, 5.74) is 0. The van der Waals surface area contributed by atoms with Crippen LogP contribution in [0.4, 0.5) is 0 Å². The molecule has 4 atom stereocenters. The molecule has 2 aliphatic rings. The maximum Gasteiger partial charge on any atom is 0.306 e. The minimum atomic E-state index is -0.686. The van der Waals surface area contributed by atoms with Crippen LogP contribution in [0.1, 0.15) is 32.6 Å². The molecule has 0 aromatic rings. The number of carbonyl (C=O) groups excluding carboxylic acids is 1. The van der Waals surface area contributed by atoms with E-state index in [0.717, 1.165) is 19.4 Å². The monoisotopic (exact) mass is 256 g/mol. The Hall–Kier alpha value is -1.01. The Labute approximate surface area is 106 Å². The molecule has 2 heterocycles. The van der Waals surface area contributed by atoms with Crippen molar-refractivity contribution < 1.29 is 14.6 Å². The number of nitrogens with zero attached hydrogens (tertiary/aromatic N) is 2. The van der Waals surface area contributed by atoms with Gasteiger partial charge in [-0.3, -0.25) is 9.69 Å². The standard InChI is InChI=1S/C12H20N2O4/c1-2-3-12(16)18-11-7-14-5-4-8(13-17)9(14)6-10(11)15/h8-11,15H,2-7H2,1H3/t8-,9?,10-,11-/m0/s1. The molecule has 2 rings (SSSR count). The molecule has 2 fully saturated rings. The number of esters is 1. The number of nitroso groups, excluding NO2 is 1. The number of ether oxygens (including phenoxy) is 1. The molecule has 2 aliphatic heterocycles. The van der Waals surface area contributed by atoms with Crippen molar-refractivity contribution in [1.82, 2.24) is 4.90 Å². The molecule has 0 aliphatic carbocycles. The fourth-order valence-electron chi connectivity index (χ4n) is 2.86. The maximum absolute atomic E-state index is 11.4. The smallest absolute Gasteiger partial charge is 0.306 e. The first kappa shape index (κ1) is 13.4. The maximum atomic E-state index is 11.4. The van der Waals surface area contributed by atoms with Gasteiger partial charge in [0.2, 0.25) is 0 Å². The summed E-state index contributed by atoms with van der Waals surface area (Å²) < 4.78 is 5.28. The third kappa shape index (κ3) is 2.70. The van der Waals surface area contributed by atoms with Crippen LogP contribution in [0.2, 0.25) is 0 Å². The molecule has 0 radical (unpaired) electrons. The normalized spacial score (nSPS) is 36.1. The predicted octanol–water partition coefficient (Wildman–Crippen LogP) is 0.672. The van der Waals surface area contributed by atoms with E-state index in [1.807, 2.05) is 6.92 Å². The SMILES string of the molecule is CCCC(=O)O[C@H]1CN2CC[C@H](N=O)C2C[C@@H]1O. The van der Waals surface area contributed by atoms with Gasteiger partial charge in [-0.2, -0.15) is 4.91 Å². The van der Waals surface area contributed by atoms with E-state index in [-0.39, 0.29) is 18.1 Å². The number of aliphatic hydroxyl groups is 1. The highest BCUT2D eigenvalue weighted by atomic mass is 16.6. The molecule has 1 unspecified atom stereocenters. The number of aliphatic hydroxyl groups excluding tert-OH is 1. The molecule has 2 saturated heterocycles. The predicted molar refractivity (Wildman–Crippen MR) is 65.0 cm³/mol. The van der Waals surface area contributed by atoms with E-state index in [9.17, 15) is 14.8 Å². The van der Waals surface area contributed by atoms with Gasteiger partial charge in [0.15, 0.2) is 0 Å². The van der Waals surface area contributed by atoms with E-state index < -0.39 is 12.2 Å². The Kier molecular flexibility index (Phi) is 4.29. The van der Waals surface area contributed by atoms with Gasteiger partial charge in [0.05, 0.1) is 6.10 Å². The average molecular weight is 256 g/mol. The molecular weight excluding hydrogens is 236 g/mol. The van der Waals surface area contributed by atoms with Crippen LogP contribution < -0.4 is 0 Å². The number of rotatable bonds is 4. The van der Waals surface area contributed by atoms with Crippen LogP contribution in [0.25, 0.3) is 0 Å². The van der Waals surface area contributed by atoms with Crippen molar-refractivity contribution in [3.05, 3.63) is 4.91 Å². The molecule has 6 heteroatoms. The van der Waals surface area contributed by atoms with Crippen molar-refractivity contribution in [2.24, 2.45) is 5.18 Å². The van der Waals surface area contributed by atoms with Crippen LogP contribution in [0.15, 0.2) is 5.18 Å². The number of fused-ring (bicyclic) bond motifs is 1. The zero-order valence-electron chi connectivity index (χ0n) is 10.6. The van der Waals surface area contributed by atoms with Crippen molar-refractivity contribution in [3.63, 3.8) is 0 Å². The van der Waals surface area contributed by atoms with Crippen molar-refractivity contribution >= 4 is 5.97 Å². The molecule has 102 valence electrons. The third-order valence-electron chi connectivity index (χ3n) is 3.82. The van der Waals surface area contributed by atoms with Crippen LogP contribution in [-0.4, -0.2) is 53.4 Å². The Bertz CT molecular complexity index is 323. The largest absolute Gasteiger partial charge is 0.458 e. The summed E-state index contributed by atoms with van der Waals surface area (Å²) in [6.07, 6.45) is 1.16. The minimum Gasteiger partial charge on any atom is -0.458 e. The average Bonchev–Trinajstić information content (AvgIpc) is 2.72. The first-order chi connectivity index (χ1) is 8.65. The van der Waals surface area contributed by atoms with Crippen LogP contribution in [0.3, 0.4) is 0 Å². The van der Waals surface area contributed by atoms with E-state index in [1.54, 1.807) is 0 Å². The first-order valence-electron chi connectivity index (χ1n) is 6.59. The number of piperidine rings is 1. The fourth-order valence-corrected chi connectivity index (χ4v) is 2.86. The van der Waals surface area contributed by atoms with Crippen molar-refractivity contribution in [1.29, 1.82) is 0 Å². The number of hydrogen-bond acceptors (Lipinski definition) is 6. The summed E-state index contributed by atoms with van der Waals surface area (Å²) in [4.78, 5) is 24.2. The van der Waals surface area contributed by atoms with Crippen molar-refractivity contribution in [2.75, 3.05) is 13.1 Å². The van der Waals surface area contributed by atoms with Crippen LogP contribution in [-0.2, 0) is 9.53 Å². The first-order valence-corrected chi connectivity index (χ1v) is 6.59. The van der Waals surface area contributed by atoms with E-state index in [2.05, 4.69) is 10.1 Å². The fraction of sp³-hybridized carbons (Fsp3) is 0.917. The van der Waals surface area contributed by atoms with Gasteiger partial charge < -0.3 is 9.84 Å². The summed E-state index contributed by atoms with van der Waals surface area (Å²) >= 11 is 0. The summed E-state index contributed by atoms with van der Waals surface area (Å²) in [6, 6.07) is -0.217. The molecule has 0 spiro atoms. The molecule has 0 amide bonds. The van der Waals surface area contributed by atoms with Crippen LogP contribution in [0, 0.1) is 4.91 Å². The van der Waals surface area contributed by atoms with Gasteiger partial charge in [0, 0.05) is 25.6 Å². The lowest BCUT2D eigenvalue weighted by atomic mass is 9.95. The summed E-state index contributed by atoms with van der Waals surface area (Å²) in [5.74, 6) is -0.260. The molecule has 1 N–H and O–H groups in total. The third-order valence-corrected chi connectivity index (χ3v) is 3.82. The van der Waals surface area contributed by atoms with Gasteiger partial charge in [-0.25, -0.2) is 0 Å². The van der Waals surface area contributed by atoms with E-state index in [1.165, 1.54) is 0 Å². The van der Waals surface area contributed by atoms with Gasteiger partial charge >= 0.3 is 5.97 Å². The van der Waals surface area contributed by atoms with Gasteiger partial charge in [0.25, 0.3) is 0 Å². The van der Waals surface area contributed by atoms with E-state index in [4.69, 9.17) is 4.74 Å². The minimum absolute atomic E-state index is 0.0126. The zero-order chi connectivity index (χ0) is 13.1. The number of hydrogen-bond donors (Lipinski definition) is 1. The molecular formula is C12H20N2O4. The summed E-state index contributed by atoms with van der Waals surface area (Å²) in [5, 5.41) is 13.1. The van der Waals surface area contributed by atoms with E-state index in [0.29, 0.717) is 19.4 Å². The second kappa shape index (κ2) is 5.75. The lowest BCUT2D eigenvalue weighted by Crippen LogP contribution is -2.53. The Morgan fingerprint density at radius 3 is 3.00 bits per heavy atom. The second-order valence-corrected chi connectivity index (χ2v) is 5.11. The number of carbonyl (C=O) groups is 1. The molecule has 0 saturated carbocycles. The molecule has 0 aromatic carbocycles. The van der Waals surface area contributed by atoms with Crippen molar-refractivity contribution in [3.8, 4) is 0 Å². The Morgan fingerprint density at radius 2 is 2.33 bits per heavy atom.